The Labute approximate surface area is 219 Å². The summed E-state index contributed by atoms with van der Waals surface area (Å²) >= 11 is 6.93. The molecule has 4 aromatic rings. The van der Waals surface area contributed by atoms with Crippen LogP contribution in [0.3, 0.4) is 0 Å². The van der Waals surface area contributed by atoms with Gasteiger partial charge in [0.1, 0.15) is 5.25 Å². The van der Waals surface area contributed by atoms with Gasteiger partial charge in [-0.2, -0.15) is 0 Å². The van der Waals surface area contributed by atoms with Crippen LogP contribution in [-0.4, -0.2) is 17.8 Å². The highest BCUT2D eigenvalue weighted by Gasteiger charge is 2.23. The number of carbonyl (C=O) groups is 1. The maximum Gasteiger partial charge on any atom is 0.242 e. The van der Waals surface area contributed by atoms with Gasteiger partial charge in [-0.3, -0.25) is 4.79 Å². The van der Waals surface area contributed by atoms with Crippen molar-refractivity contribution in [2.75, 3.05) is 22.7 Å². The molecule has 5 rings (SSSR count). The number of benzene rings is 4. The summed E-state index contributed by atoms with van der Waals surface area (Å²) in [6.45, 7) is 0.184. The number of carbonyl (C=O) groups excluding carboxylic acids is 1. The number of rotatable bonds is 7. The predicted molar refractivity (Wildman–Crippen MR) is 149 cm³/mol. The lowest BCUT2D eigenvalue weighted by atomic mass is 10.1. The van der Waals surface area contributed by atoms with Crippen molar-refractivity contribution in [2.24, 2.45) is 0 Å². The number of nitrogens with one attached hydrogen (secondary N) is 3. The predicted octanol–water partition coefficient (Wildman–Crippen LogP) is 6.70. The molecule has 1 heterocycles. The molecule has 4 aromatic carbocycles. The van der Waals surface area contributed by atoms with E-state index in [2.05, 4.69) is 16.0 Å². The number of ether oxygens (including phenoxy) is 2. The highest BCUT2D eigenvalue weighted by Crippen LogP contribution is 2.38. The van der Waals surface area contributed by atoms with Gasteiger partial charge in [-0.1, -0.05) is 54.6 Å². The second kappa shape index (κ2) is 11.2. The van der Waals surface area contributed by atoms with Crippen molar-refractivity contribution in [1.82, 2.24) is 0 Å². The summed E-state index contributed by atoms with van der Waals surface area (Å²) in [7, 11) is 0. The molecule has 6 nitrogen and oxygen atoms in total. The second-order valence-electron chi connectivity index (χ2n) is 7.94. The van der Waals surface area contributed by atoms with E-state index >= 15 is 0 Å². The molecule has 0 saturated carbocycles. The van der Waals surface area contributed by atoms with E-state index in [1.165, 1.54) is 11.8 Å². The fraction of sp³-hybridized carbons (Fsp3) is 0.0714. The van der Waals surface area contributed by atoms with Crippen LogP contribution in [0.2, 0.25) is 0 Å². The Morgan fingerprint density at radius 2 is 1.39 bits per heavy atom. The molecule has 0 aromatic heterocycles. The Hall–Kier alpha value is -4.01. The van der Waals surface area contributed by atoms with E-state index in [9.17, 15) is 4.79 Å². The lowest BCUT2D eigenvalue weighted by Crippen LogP contribution is -2.19. The summed E-state index contributed by atoms with van der Waals surface area (Å²) in [5.74, 6) is 1.16. The van der Waals surface area contributed by atoms with Crippen molar-refractivity contribution in [3.8, 4) is 11.5 Å². The Balaban J connectivity index is 1.31. The molecule has 0 spiro atoms. The number of para-hydroxylation sites is 1. The van der Waals surface area contributed by atoms with Gasteiger partial charge in [-0.25, -0.2) is 0 Å². The fourth-order valence-electron chi connectivity index (χ4n) is 3.68. The van der Waals surface area contributed by atoms with Gasteiger partial charge in [0, 0.05) is 28.0 Å². The third kappa shape index (κ3) is 5.97. The first-order valence-electron chi connectivity index (χ1n) is 11.3. The molecule has 1 atom stereocenters. The smallest absolute Gasteiger partial charge is 0.242 e. The van der Waals surface area contributed by atoms with Gasteiger partial charge in [0.15, 0.2) is 16.6 Å². The third-order valence-corrected chi connectivity index (χ3v) is 6.81. The number of thioether (sulfide) groups is 1. The summed E-state index contributed by atoms with van der Waals surface area (Å²) in [6.07, 6.45) is 0. The van der Waals surface area contributed by atoms with Gasteiger partial charge in [-0.15, -0.1) is 11.8 Å². The number of hydrogen-bond donors (Lipinski definition) is 3. The van der Waals surface area contributed by atoms with E-state index in [-0.39, 0.29) is 12.7 Å². The van der Waals surface area contributed by atoms with Crippen molar-refractivity contribution in [3.63, 3.8) is 0 Å². The molecule has 180 valence electrons. The zero-order valence-corrected chi connectivity index (χ0v) is 20.8. The number of anilines is 3. The zero-order chi connectivity index (χ0) is 24.7. The Morgan fingerprint density at radius 3 is 2.19 bits per heavy atom. The second-order valence-corrected chi connectivity index (χ2v) is 9.53. The van der Waals surface area contributed by atoms with Gasteiger partial charge >= 0.3 is 0 Å². The topological polar surface area (TPSA) is 71.6 Å². The van der Waals surface area contributed by atoms with Gasteiger partial charge in [0.05, 0.1) is 0 Å². The molecule has 8 heteroatoms. The molecule has 1 unspecified atom stereocenters. The van der Waals surface area contributed by atoms with E-state index in [0.29, 0.717) is 22.3 Å². The Morgan fingerprint density at radius 1 is 0.722 bits per heavy atom. The summed E-state index contributed by atoms with van der Waals surface area (Å²) < 4.78 is 10.8. The van der Waals surface area contributed by atoms with Crippen molar-refractivity contribution in [3.05, 3.63) is 109 Å². The minimum atomic E-state index is -0.471. The molecular formula is C28H23N3O3S2. The molecule has 0 saturated heterocycles. The summed E-state index contributed by atoms with van der Waals surface area (Å²) in [6, 6.07) is 32.7. The van der Waals surface area contributed by atoms with Crippen LogP contribution in [0.15, 0.2) is 108 Å². The number of thiocarbonyl (C=S) groups is 1. The van der Waals surface area contributed by atoms with Crippen LogP contribution in [0.5, 0.6) is 11.5 Å². The first kappa shape index (κ1) is 23.7. The van der Waals surface area contributed by atoms with Gasteiger partial charge in [0.25, 0.3) is 0 Å². The van der Waals surface area contributed by atoms with Crippen LogP contribution in [0.4, 0.5) is 17.1 Å². The Kier molecular flexibility index (Phi) is 7.35. The fourth-order valence-corrected chi connectivity index (χ4v) is 5.00. The van der Waals surface area contributed by atoms with Crippen LogP contribution >= 0.6 is 24.0 Å². The normalized spacial score (nSPS) is 12.4. The summed E-state index contributed by atoms with van der Waals surface area (Å²) in [4.78, 5) is 14.4. The van der Waals surface area contributed by atoms with Crippen LogP contribution in [-0.2, 0) is 4.79 Å². The van der Waals surface area contributed by atoms with Crippen LogP contribution in [0, 0.1) is 0 Å². The standard InChI is InChI=1S/C28H23N3O3S2/c32-27(29-22-14-15-24-25(17-22)34-18-33-24)26(19-8-3-1-4-9-19)36-23-13-7-12-21(16-23)31-28(35)30-20-10-5-2-6-11-20/h1-17,26H,18H2,(H,29,32)(H2,30,31,35). The quantitative estimate of drug-likeness (QED) is 0.188. The highest BCUT2D eigenvalue weighted by atomic mass is 32.2. The molecule has 0 aliphatic carbocycles. The molecule has 1 aliphatic heterocycles. The van der Waals surface area contributed by atoms with E-state index in [0.717, 1.165) is 21.8 Å². The highest BCUT2D eigenvalue weighted by molar-refractivity contribution is 8.00. The SMILES string of the molecule is O=C(Nc1ccc2c(c1)OCO2)C(Sc1cccc(NC(=S)Nc2ccccc2)c1)c1ccccc1. The van der Waals surface area contributed by atoms with Gasteiger partial charge < -0.3 is 25.4 Å². The lowest BCUT2D eigenvalue weighted by Gasteiger charge is -2.18. The number of amides is 1. The van der Waals surface area contributed by atoms with Crippen molar-refractivity contribution < 1.29 is 14.3 Å². The summed E-state index contributed by atoms with van der Waals surface area (Å²) in [5, 5.41) is 9.43. The zero-order valence-electron chi connectivity index (χ0n) is 19.1. The monoisotopic (exact) mass is 513 g/mol. The van der Waals surface area contributed by atoms with Crippen LogP contribution < -0.4 is 25.4 Å². The molecule has 0 fully saturated rings. The largest absolute Gasteiger partial charge is 0.454 e. The van der Waals surface area contributed by atoms with E-state index in [1.807, 2.05) is 91.0 Å². The maximum atomic E-state index is 13.4. The average Bonchev–Trinajstić information content (AvgIpc) is 3.36. The molecule has 36 heavy (non-hydrogen) atoms. The number of fused-ring (bicyclic) bond motifs is 1. The van der Waals surface area contributed by atoms with E-state index in [1.54, 1.807) is 12.1 Å². The third-order valence-electron chi connectivity index (χ3n) is 5.36. The lowest BCUT2D eigenvalue weighted by molar-refractivity contribution is -0.115. The molecule has 1 aliphatic rings. The first-order valence-corrected chi connectivity index (χ1v) is 12.6. The molecular weight excluding hydrogens is 490 g/mol. The minimum absolute atomic E-state index is 0.135. The Bertz CT molecular complexity index is 1370. The molecule has 1 amide bonds. The maximum absolute atomic E-state index is 13.4. The number of hydrogen-bond acceptors (Lipinski definition) is 5. The van der Waals surface area contributed by atoms with Crippen LogP contribution in [0.25, 0.3) is 0 Å². The van der Waals surface area contributed by atoms with Crippen LogP contribution in [0.1, 0.15) is 10.8 Å². The minimum Gasteiger partial charge on any atom is -0.454 e. The van der Waals surface area contributed by atoms with Gasteiger partial charge in [-0.05, 0) is 60.2 Å². The first-order chi connectivity index (χ1) is 17.6. The summed E-state index contributed by atoms with van der Waals surface area (Å²) in [5.41, 5.74) is 3.29. The molecule has 0 bridgehead atoms. The van der Waals surface area contributed by atoms with E-state index < -0.39 is 5.25 Å². The molecule has 0 radical (unpaired) electrons. The van der Waals surface area contributed by atoms with Crippen molar-refractivity contribution in [2.45, 2.75) is 10.1 Å². The average molecular weight is 514 g/mol. The van der Waals surface area contributed by atoms with Gasteiger partial charge in [0.2, 0.25) is 12.7 Å². The van der Waals surface area contributed by atoms with Crippen molar-refractivity contribution >= 4 is 52.1 Å². The van der Waals surface area contributed by atoms with E-state index in [4.69, 9.17) is 21.7 Å². The molecule has 3 N–H and O–H groups in total. The van der Waals surface area contributed by atoms with Crippen molar-refractivity contribution in [1.29, 1.82) is 0 Å².